The number of hydrazone groups is 1. The Kier molecular flexibility index (Phi) is 5.10. The third kappa shape index (κ3) is 3.81. The van der Waals surface area contributed by atoms with E-state index in [0.29, 0.717) is 0 Å². The molecular weight excluding hydrogens is 393 g/mol. The predicted molar refractivity (Wildman–Crippen MR) is 97.4 cm³/mol. The van der Waals surface area contributed by atoms with Crippen molar-refractivity contribution in [1.29, 1.82) is 0 Å². The minimum absolute atomic E-state index is 0.0381. The van der Waals surface area contributed by atoms with E-state index >= 15 is 0 Å². The number of carbonyl (C=O) groups excluding carboxylic acids is 1. The van der Waals surface area contributed by atoms with E-state index in [4.69, 9.17) is 0 Å². The summed E-state index contributed by atoms with van der Waals surface area (Å²) in [5.74, 6) is -0.694. The first-order chi connectivity index (χ1) is 13.6. The lowest BCUT2D eigenvalue weighted by atomic mass is 10.1. The lowest BCUT2D eigenvalue weighted by Crippen LogP contribution is -2.38. The van der Waals surface area contributed by atoms with Gasteiger partial charge in [0, 0.05) is 19.7 Å². The smallest absolute Gasteiger partial charge is 0.315 e. The number of hydrogen-bond acceptors (Lipinski definition) is 5. The van der Waals surface area contributed by atoms with Crippen LogP contribution in [0.2, 0.25) is 0 Å². The van der Waals surface area contributed by atoms with Crippen LogP contribution in [0.1, 0.15) is 11.1 Å². The second-order valence-electron chi connectivity index (χ2n) is 6.13. The van der Waals surface area contributed by atoms with Crippen molar-refractivity contribution in [3.8, 4) is 0 Å². The molecule has 0 bridgehead atoms. The van der Waals surface area contributed by atoms with Crippen molar-refractivity contribution in [2.75, 3.05) is 0 Å². The Morgan fingerprint density at radius 1 is 1.21 bits per heavy atom. The van der Waals surface area contributed by atoms with Crippen LogP contribution in [0.15, 0.2) is 45.3 Å². The van der Waals surface area contributed by atoms with Crippen molar-refractivity contribution in [2.24, 2.45) is 19.2 Å². The van der Waals surface area contributed by atoms with Crippen LogP contribution >= 0.6 is 0 Å². The van der Waals surface area contributed by atoms with E-state index in [2.05, 4.69) is 15.5 Å². The fourth-order valence-electron chi connectivity index (χ4n) is 2.75. The number of imidazole rings is 1. The van der Waals surface area contributed by atoms with Gasteiger partial charge in [0.1, 0.15) is 6.54 Å². The van der Waals surface area contributed by atoms with Gasteiger partial charge in [-0.05, 0) is 6.07 Å². The second kappa shape index (κ2) is 7.37. The number of alkyl halides is 3. The maximum atomic E-state index is 13.0. The molecule has 0 aliphatic heterocycles. The molecule has 12 heteroatoms. The van der Waals surface area contributed by atoms with Crippen molar-refractivity contribution < 1.29 is 18.0 Å². The van der Waals surface area contributed by atoms with Crippen molar-refractivity contribution in [3.63, 3.8) is 0 Å². The number of fused-ring (bicyclic) bond motifs is 1. The summed E-state index contributed by atoms with van der Waals surface area (Å²) in [6, 6.07) is 4.78. The predicted octanol–water partition coefficient (Wildman–Crippen LogP) is 0.603. The van der Waals surface area contributed by atoms with Gasteiger partial charge >= 0.3 is 11.9 Å². The highest BCUT2D eigenvalue weighted by Crippen LogP contribution is 2.30. The summed E-state index contributed by atoms with van der Waals surface area (Å²) in [4.78, 5) is 40.3. The number of amides is 1. The molecule has 0 fully saturated rings. The molecule has 0 unspecified atom stereocenters. The Morgan fingerprint density at radius 2 is 1.90 bits per heavy atom. The molecular formula is C17H15F3N6O3. The summed E-state index contributed by atoms with van der Waals surface area (Å²) in [5, 5.41) is 3.55. The lowest BCUT2D eigenvalue weighted by Gasteiger charge is -2.09. The van der Waals surface area contributed by atoms with Gasteiger partial charge in [-0.2, -0.15) is 18.3 Å². The van der Waals surface area contributed by atoms with E-state index in [1.165, 1.54) is 43.2 Å². The first kappa shape index (κ1) is 20.0. The summed E-state index contributed by atoms with van der Waals surface area (Å²) >= 11 is 0. The molecule has 1 aromatic carbocycles. The van der Waals surface area contributed by atoms with Gasteiger partial charge in [-0.3, -0.25) is 18.7 Å². The highest BCUT2D eigenvalue weighted by molar-refractivity contribution is 5.84. The molecule has 0 aliphatic rings. The monoisotopic (exact) mass is 408 g/mol. The number of halogens is 3. The summed E-state index contributed by atoms with van der Waals surface area (Å²) in [5.41, 5.74) is -0.0371. The molecule has 2 heterocycles. The first-order valence-electron chi connectivity index (χ1n) is 8.20. The molecule has 3 rings (SSSR count). The van der Waals surface area contributed by atoms with Gasteiger partial charge < -0.3 is 4.57 Å². The van der Waals surface area contributed by atoms with Crippen molar-refractivity contribution >= 4 is 23.3 Å². The Hall–Kier alpha value is -3.70. The number of aryl methyl sites for hydroxylation is 1. The van der Waals surface area contributed by atoms with Gasteiger partial charge in [-0.15, -0.1) is 0 Å². The number of nitrogens with zero attached hydrogens (tertiary/aromatic N) is 5. The standard InChI is InChI=1S/C17H15F3N6O3/c1-24-14-13(15(28)25(2)16(24)29)26(9-21-14)8-12(27)23-22-7-10-5-3-4-6-11(10)17(18,19)20/h3-7,9H,8H2,1-2H3,(H,23,27)/b22-7-. The number of aromatic nitrogens is 4. The average molecular weight is 408 g/mol. The molecule has 2 aromatic heterocycles. The molecule has 0 radical (unpaired) electrons. The normalized spacial score (nSPS) is 12.0. The molecule has 1 amide bonds. The third-order valence-corrected chi connectivity index (χ3v) is 4.19. The molecule has 0 saturated heterocycles. The fraction of sp³-hybridized carbons (Fsp3) is 0.235. The maximum Gasteiger partial charge on any atom is 0.417 e. The van der Waals surface area contributed by atoms with Gasteiger partial charge in [0.25, 0.3) is 11.5 Å². The van der Waals surface area contributed by atoms with Crippen LogP contribution in [0.4, 0.5) is 13.2 Å². The summed E-state index contributed by atoms with van der Waals surface area (Å²) in [7, 11) is 2.73. The molecule has 0 aliphatic carbocycles. The molecule has 1 N–H and O–H groups in total. The average Bonchev–Trinajstić information content (AvgIpc) is 3.08. The SMILES string of the molecule is Cn1c(=O)c2c(ncn2CC(=O)N/N=C\c2ccccc2C(F)(F)F)n(C)c1=O. The third-order valence-electron chi connectivity index (χ3n) is 4.19. The van der Waals surface area contributed by atoms with Crippen LogP contribution in [-0.4, -0.2) is 30.8 Å². The van der Waals surface area contributed by atoms with Crippen LogP contribution in [0.5, 0.6) is 0 Å². The summed E-state index contributed by atoms with van der Waals surface area (Å²) < 4.78 is 42.1. The first-order valence-corrected chi connectivity index (χ1v) is 8.20. The number of rotatable bonds is 4. The van der Waals surface area contributed by atoms with Crippen molar-refractivity contribution in [1.82, 2.24) is 24.1 Å². The van der Waals surface area contributed by atoms with Crippen LogP contribution < -0.4 is 16.7 Å². The minimum atomic E-state index is -4.56. The highest BCUT2D eigenvalue weighted by Gasteiger charge is 2.32. The molecule has 0 atom stereocenters. The zero-order valence-electron chi connectivity index (χ0n) is 15.3. The van der Waals surface area contributed by atoms with Gasteiger partial charge in [-0.25, -0.2) is 15.2 Å². The molecule has 3 aromatic rings. The second-order valence-corrected chi connectivity index (χ2v) is 6.13. The Balaban J connectivity index is 1.81. The fourth-order valence-corrected chi connectivity index (χ4v) is 2.75. The van der Waals surface area contributed by atoms with Crippen LogP contribution in [-0.2, 0) is 31.6 Å². The van der Waals surface area contributed by atoms with Crippen molar-refractivity contribution in [3.05, 3.63) is 62.6 Å². The molecule has 0 spiro atoms. The highest BCUT2D eigenvalue weighted by atomic mass is 19.4. The van der Waals surface area contributed by atoms with E-state index < -0.39 is 28.9 Å². The van der Waals surface area contributed by atoms with Crippen molar-refractivity contribution in [2.45, 2.75) is 12.7 Å². The summed E-state index contributed by atoms with van der Waals surface area (Å²) in [6.45, 7) is -0.373. The minimum Gasteiger partial charge on any atom is -0.315 e. The lowest BCUT2D eigenvalue weighted by molar-refractivity contribution is -0.137. The van der Waals surface area contributed by atoms with Crippen LogP contribution in [0.3, 0.4) is 0 Å². The van der Waals surface area contributed by atoms with Gasteiger partial charge in [0.05, 0.1) is 18.1 Å². The molecule has 152 valence electrons. The number of nitrogens with one attached hydrogen (secondary N) is 1. The summed E-state index contributed by atoms with van der Waals surface area (Å²) in [6.07, 6.45) is -2.46. The Labute approximate surface area is 160 Å². The van der Waals surface area contributed by atoms with Gasteiger partial charge in [0.15, 0.2) is 11.2 Å². The van der Waals surface area contributed by atoms with E-state index in [-0.39, 0.29) is 23.3 Å². The van der Waals surface area contributed by atoms with E-state index in [1.54, 1.807) is 0 Å². The zero-order valence-corrected chi connectivity index (χ0v) is 15.3. The van der Waals surface area contributed by atoms with Gasteiger partial charge in [0.2, 0.25) is 0 Å². The number of carbonyl (C=O) groups is 1. The Morgan fingerprint density at radius 3 is 2.59 bits per heavy atom. The number of benzene rings is 1. The van der Waals surface area contributed by atoms with Crippen LogP contribution in [0.25, 0.3) is 11.2 Å². The van der Waals surface area contributed by atoms with E-state index in [0.717, 1.165) is 21.4 Å². The topological polar surface area (TPSA) is 103 Å². The molecule has 9 nitrogen and oxygen atoms in total. The van der Waals surface area contributed by atoms with E-state index in [9.17, 15) is 27.6 Å². The van der Waals surface area contributed by atoms with Gasteiger partial charge in [-0.1, -0.05) is 18.2 Å². The quantitative estimate of drug-likeness (QED) is 0.504. The van der Waals surface area contributed by atoms with Crippen LogP contribution in [0, 0.1) is 0 Å². The van der Waals surface area contributed by atoms with E-state index in [1.807, 2.05) is 0 Å². The number of hydrogen-bond donors (Lipinski definition) is 1. The molecule has 0 saturated carbocycles. The maximum absolute atomic E-state index is 13.0. The largest absolute Gasteiger partial charge is 0.417 e. The Bertz CT molecular complexity index is 1240. The molecule has 29 heavy (non-hydrogen) atoms. The zero-order chi connectivity index (χ0) is 21.3.